The molecule has 6 aromatic carbocycles. The zero-order valence-electron chi connectivity index (χ0n) is 28.5. The number of hydrogen-bond acceptors (Lipinski definition) is 10. The van der Waals surface area contributed by atoms with E-state index in [-0.39, 0.29) is 25.1 Å². The molecule has 0 aromatic heterocycles. The standard InChI is InChI=1S/C43H32O10/c1-4-40(44)50-25-48-35-16-14-29-20-33(12-10-31(29)22-35)42(46)52-37-18-19-39(38(24-37)28-8-6-27(3)7-9-28)53-43(47)34-13-11-32-23-36(17-15-30(32)21-34)49-26-51-41(45)5-2/h4-24H,1-2,25-26H2,3H3. The zero-order valence-corrected chi connectivity index (χ0v) is 28.5. The van der Waals surface area contributed by atoms with Gasteiger partial charge in [0.15, 0.2) is 0 Å². The van der Waals surface area contributed by atoms with Crippen LogP contribution in [0, 0.1) is 6.92 Å². The molecule has 0 bridgehead atoms. The van der Waals surface area contributed by atoms with Gasteiger partial charge in [0, 0.05) is 17.7 Å². The maximum atomic E-state index is 13.4. The third kappa shape index (κ3) is 8.94. The van der Waals surface area contributed by atoms with E-state index < -0.39 is 23.9 Å². The van der Waals surface area contributed by atoms with Gasteiger partial charge in [0.2, 0.25) is 13.6 Å². The molecular weight excluding hydrogens is 676 g/mol. The molecule has 264 valence electrons. The topological polar surface area (TPSA) is 124 Å². The van der Waals surface area contributed by atoms with E-state index in [1.165, 1.54) is 0 Å². The summed E-state index contributed by atoms with van der Waals surface area (Å²) in [7, 11) is 0. The Labute approximate surface area is 304 Å². The van der Waals surface area contributed by atoms with E-state index in [0.717, 1.165) is 44.8 Å². The van der Waals surface area contributed by atoms with Crippen molar-refractivity contribution in [3.63, 3.8) is 0 Å². The van der Waals surface area contributed by atoms with Crippen molar-refractivity contribution in [2.45, 2.75) is 6.92 Å². The van der Waals surface area contributed by atoms with Gasteiger partial charge in [0.05, 0.1) is 11.1 Å². The van der Waals surface area contributed by atoms with Crippen LogP contribution in [0.25, 0.3) is 32.7 Å². The lowest BCUT2D eigenvalue weighted by Crippen LogP contribution is -2.11. The number of ether oxygens (including phenoxy) is 6. The van der Waals surface area contributed by atoms with E-state index in [1.54, 1.807) is 91.0 Å². The third-order valence-corrected chi connectivity index (χ3v) is 8.01. The first kappa shape index (κ1) is 35.6. The lowest BCUT2D eigenvalue weighted by molar-refractivity contribution is -0.145. The molecule has 6 rings (SSSR count). The third-order valence-electron chi connectivity index (χ3n) is 8.01. The van der Waals surface area contributed by atoms with Crippen molar-refractivity contribution < 1.29 is 47.6 Å². The minimum atomic E-state index is -0.590. The van der Waals surface area contributed by atoms with Crippen molar-refractivity contribution in [3.05, 3.63) is 157 Å². The maximum absolute atomic E-state index is 13.4. The summed E-state index contributed by atoms with van der Waals surface area (Å²) < 4.78 is 32.4. The fraction of sp³-hybridized carbons (Fsp3) is 0.0698. The molecule has 0 saturated heterocycles. The normalized spacial score (nSPS) is 10.6. The fourth-order valence-electron chi connectivity index (χ4n) is 5.26. The molecule has 0 fully saturated rings. The Hall–Kier alpha value is -7.20. The molecule has 0 amide bonds. The number of carbonyl (C=O) groups is 4. The highest BCUT2D eigenvalue weighted by Gasteiger charge is 2.17. The Morgan fingerprint density at radius 1 is 0.528 bits per heavy atom. The van der Waals surface area contributed by atoms with Crippen LogP contribution < -0.4 is 18.9 Å². The summed E-state index contributed by atoms with van der Waals surface area (Å²) in [6, 6.07) is 33.2. The summed E-state index contributed by atoms with van der Waals surface area (Å²) in [4.78, 5) is 49.3. The van der Waals surface area contributed by atoms with E-state index in [1.807, 2.05) is 31.2 Å². The van der Waals surface area contributed by atoms with Crippen molar-refractivity contribution in [1.82, 2.24) is 0 Å². The smallest absolute Gasteiger partial charge is 0.343 e. The highest BCUT2D eigenvalue weighted by molar-refractivity contribution is 5.98. The Kier molecular flexibility index (Phi) is 10.9. The van der Waals surface area contributed by atoms with Gasteiger partial charge >= 0.3 is 23.9 Å². The summed E-state index contributed by atoms with van der Waals surface area (Å²) in [5.41, 5.74) is 2.99. The molecule has 0 heterocycles. The van der Waals surface area contributed by atoms with E-state index in [4.69, 9.17) is 28.4 Å². The van der Waals surface area contributed by atoms with Crippen LogP contribution in [0.5, 0.6) is 23.0 Å². The van der Waals surface area contributed by atoms with E-state index in [2.05, 4.69) is 13.2 Å². The van der Waals surface area contributed by atoms with Crippen LogP contribution in [-0.2, 0) is 19.1 Å². The lowest BCUT2D eigenvalue weighted by Gasteiger charge is -2.14. The Bertz CT molecular complexity index is 2380. The van der Waals surface area contributed by atoms with Gasteiger partial charge in [-0.25, -0.2) is 19.2 Å². The van der Waals surface area contributed by atoms with Gasteiger partial charge in [0.1, 0.15) is 23.0 Å². The molecule has 0 aliphatic heterocycles. The molecule has 0 N–H and O–H groups in total. The van der Waals surface area contributed by atoms with Gasteiger partial charge in [-0.1, -0.05) is 67.3 Å². The van der Waals surface area contributed by atoms with Gasteiger partial charge in [-0.3, -0.25) is 0 Å². The first-order valence-electron chi connectivity index (χ1n) is 16.3. The summed E-state index contributed by atoms with van der Waals surface area (Å²) in [5.74, 6) is -0.832. The minimum Gasteiger partial charge on any atom is -0.457 e. The van der Waals surface area contributed by atoms with Crippen molar-refractivity contribution in [3.8, 4) is 34.1 Å². The Morgan fingerprint density at radius 2 is 1.00 bits per heavy atom. The summed E-state index contributed by atoms with van der Waals surface area (Å²) in [6.45, 7) is 8.13. The van der Waals surface area contributed by atoms with Crippen molar-refractivity contribution >= 4 is 45.4 Å². The van der Waals surface area contributed by atoms with Crippen LogP contribution in [0.15, 0.2) is 141 Å². The SMILES string of the molecule is C=CC(=O)OCOc1ccc2cc(C(=O)Oc3ccc(OC(=O)c4ccc5cc(OCOC(=O)C=C)ccc5c4)c(-c4ccc(C)cc4)c3)ccc2c1. The molecule has 0 aliphatic rings. The molecule has 0 unspecified atom stereocenters. The molecule has 0 aliphatic carbocycles. The molecule has 0 saturated carbocycles. The lowest BCUT2D eigenvalue weighted by atomic mass is 10.0. The van der Waals surface area contributed by atoms with E-state index in [9.17, 15) is 19.2 Å². The molecule has 0 radical (unpaired) electrons. The predicted molar refractivity (Wildman–Crippen MR) is 198 cm³/mol. The molecule has 0 spiro atoms. The molecule has 0 atom stereocenters. The first-order chi connectivity index (χ1) is 25.7. The van der Waals surface area contributed by atoms with Crippen LogP contribution >= 0.6 is 0 Å². The number of hydrogen-bond donors (Lipinski definition) is 0. The predicted octanol–water partition coefficient (Wildman–Crippen LogP) is 8.54. The summed E-state index contributed by atoms with van der Waals surface area (Å²) in [5, 5.41) is 3.14. The fourth-order valence-corrected chi connectivity index (χ4v) is 5.26. The van der Waals surface area contributed by atoms with E-state index in [0.29, 0.717) is 28.2 Å². The minimum absolute atomic E-state index is 0.256. The van der Waals surface area contributed by atoms with Gasteiger partial charge in [0.25, 0.3) is 0 Å². The first-order valence-corrected chi connectivity index (χ1v) is 16.3. The van der Waals surface area contributed by atoms with Crippen LogP contribution in [0.4, 0.5) is 0 Å². The van der Waals surface area contributed by atoms with Crippen LogP contribution in [0.3, 0.4) is 0 Å². The van der Waals surface area contributed by atoms with Gasteiger partial charge in [-0.05, 0) is 101 Å². The Balaban J connectivity index is 1.18. The number of carbonyl (C=O) groups excluding carboxylic acids is 4. The monoisotopic (exact) mass is 708 g/mol. The van der Waals surface area contributed by atoms with Gasteiger partial charge in [-0.2, -0.15) is 0 Å². The number of esters is 4. The second kappa shape index (κ2) is 16.2. The molecule has 53 heavy (non-hydrogen) atoms. The largest absolute Gasteiger partial charge is 0.457 e. The summed E-state index contributed by atoms with van der Waals surface area (Å²) >= 11 is 0. The molecule has 10 heteroatoms. The quantitative estimate of drug-likeness (QED) is 0.0499. The maximum Gasteiger partial charge on any atom is 0.343 e. The van der Waals surface area contributed by atoms with E-state index >= 15 is 0 Å². The molecule has 6 aromatic rings. The zero-order chi connectivity index (χ0) is 37.3. The van der Waals surface area contributed by atoms with Gasteiger partial charge in [-0.15, -0.1) is 0 Å². The highest BCUT2D eigenvalue weighted by Crippen LogP contribution is 2.35. The highest BCUT2D eigenvalue weighted by atomic mass is 16.7. The summed E-state index contributed by atoms with van der Waals surface area (Å²) in [6.07, 6.45) is 2.10. The molecule has 10 nitrogen and oxygen atoms in total. The number of benzene rings is 6. The number of fused-ring (bicyclic) bond motifs is 2. The van der Waals surface area contributed by atoms with Crippen LogP contribution in [-0.4, -0.2) is 37.5 Å². The van der Waals surface area contributed by atoms with Crippen molar-refractivity contribution in [2.24, 2.45) is 0 Å². The van der Waals surface area contributed by atoms with Crippen molar-refractivity contribution in [1.29, 1.82) is 0 Å². The average molecular weight is 709 g/mol. The average Bonchev–Trinajstić information content (AvgIpc) is 3.18. The number of rotatable bonds is 13. The van der Waals surface area contributed by atoms with Crippen molar-refractivity contribution in [2.75, 3.05) is 13.6 Å². The number of aryl methyl sites for hydroxylation is 1. The molecular formula is C43H32O10. The van der Waals surface area contributed by atoms with Crippen LogP contribution in [0.1, 0.15) is 26.3 Å². The van der Waals surface area contributed by atoms with Gasteiger partial charge < -0.3 is 28.4 Å². The second-order valence-electron chi connectivity index (χ2n) is 11.6. The van der Waals surface area contributed by atoms with Crippen LogP contribution in [0.2, 0.25) is 0 Å². The second-order valence-corrected chi connectivity index (χ2v) is 11.6. The Morgan fingerprint density at radius 3 is 1.53 bits per heavy atom.